The number of hydrogen-bond acceptors (Lipinski definition) is 3. The summed E-state index contributed by atoms with van der Waals surface area (Å²) < 4.78 is 11.4. The molecule has 148 valence electrons. The van der Waals surface area contributed by atoms with Gasteiger partial charge in [-0.2, -0.15) is 0 Å². The van der Waals surface area contributed by atoms with Crippen LogP contribution in [0.25, 0.3) is 0 Å². The van der Waals surface area contributed by atoms with Crippen molar-refractivity contribution in [3.8, 4) is 11.5 Å². The number of benzene rings is 1. The van der Waals surface area contributed by atoms with Gasteiger partial charge >= 0.3 is 0 Å². The van der Waals surface area contributed by atoms with E-state index in [4.69, 9.17) is 21.1 Å². The first-order valence-corrected chi connectivity index (χ1v) is 9.70. The van der Waals surface area contributed by atoms with Crippen molar-refractivity contribution in [1.29, 1.82) is 0 Å². The van der Waals surface area contributed by atoms with Gasteiger partial charge in [-0.15, -0.1) is 0 Å². The summed E-state index contributed by atoms with van der Waals surface area (Å²) in [4.78, 5) is 4.07. The van der Waals surface area contributed by atoms with Crippen molar-refractivity contribution >= 4 is 11.6 Å². The van der Waals surface area contributed by atoms with E-state index in [-0.39, 0.29) is 5.54 Å². The minimum atomic E-state index is 0.183. The van der Waals surface area contributed by atoms with Crippen molar-refractivity contribution in [1.82, 2.24) is 4.98 Å². The molecule has 0 saturated carbocycles. The van der Waals surface area contributed by atoms with Crippen LogP contribution in [-0.4, -0.2) is 17.6 Å². The Labute approximate surface area is 168 Å². The van der Waals surface area contributed by atoms with Crippen LogP contribution < -0.4 is 14.8 Å². The van der Waals surface area contributed by atoms with Crippen LogP contribution >= 0.6 is 11.6 Å². The van der Waals surface area contributed by atoms with Gasteiger partial charge in [-0.25, -0.2) is 4.98 Å². The molecule has 0 spiro atoms. The van der Waals surface area contributed by atoms with Gasteiger partial charge in [-0.3, -0.25) is 0 Å². The average molecular weight is 392 g/mol. The quantitative estimate of drug-likeness (QED) is 0.669. The summed E-state index contributed by atoms with van der Waals surface area (Å²) in [6.07, 6.45) is 2.86. The molecule has 2 N–H and O–H groups in total. The lowest BCUT2D eigenvalue weighted by atomic mass is 9.82. The molecule has 1 aromatic carbocycles. The smallest absolute Gasteiger partial charge is 0.161 e. The van der Waals surface area contributed by atoms with Crippen molar-refractivity contribution in [2.24, 2.45) is 5.41 Å². The maximum absolute atomic E-state index is 5.90. The van der Waals surface area contributed by atoms with Crippen LogP contribution in [0.4, 0.5) is 0 Å². The Kier molecular flexibility index (Phi) is 7.12. The van der Waals surface area contributed by atoms with Crippen LogP contribution in [0.15, 0.2) is 36.5 Å². The largest absolute Gasteiger partial charge is 0.493 e. The SMILES string of the molecule is COc1cc(C[NH2+]C(C)(C)CC(C)(C)C)ccc1OCc1ccc(Cl)nc1. The molecule has 0 radical (unpaired) electrons. The van der Waals surface area contributed by atoms with E-state index < -0.39 is 0 Å². The monoisotopic (exact) mass is 391 g/mol. The molecule has 0 unspecified atom stereocenters. The minimum absolute atomic E-state index is 0.183. The Hall–Kier alpha value is -1.78. The third kappa shape index (κ3) is 7.39. The number of methoxy groups -OCH3 is 1. The standard InChI is InChI=1S/C22H31ClN2O2/c1-21(2,3)15-22(4,5)25-13-16-7-9-18(19(11-16)26-6)27-14-17-8-10-20(23)24-12-17/h7-12,25H,13-15H2,1-6H3/p+1. The van der Waals surface area contributed by atoms with Gasteiger partial charge in [0.25, 0.3) is 0 Å². The Morgan fingerprint density at radius 1 is 1.00 bits per heavy atom. The van der Waals surface area contributed by atoms with E-state index in [0.717, 1.165) is 30.0 Å². The lowest BCUT2D eigenvalue weighted by Gasteiger charge is -2.30. The number of quaternary nitrogens is 1. The fourth-order valence-electron chi connectivity index (χ4n) is 3.44. The van der Waals surface area contributed by atoms with Gasteiger partial charge in [-0.05, 0) is 43.5 Å². The lowest BCUT2D eigenvalue weighted by Crippen LogP contribution is -2.94. The number of aromatic nitrogens is 1. The van der Waals surface area contributed by atoms with E-state index in [1.54, 1.807) is 19.4 Å². The van der Waals surface area contributed by atoms with Crippen LogP contribution in [0.1, 0.15) is 52.2 Å². The van der Waals surface area contributed by atoms with Gasteiger partial charge in [0, 0.05) is 23.7 Å². The van der Waals surface area contributed by atoms with E-state index >= 15 is 0 Å². The molecule has 5 heteroatoms. The molecule has 0 aliphatic heterocycles. The van der Waals surface area contributed by atoms with Crippen molar-refractivity contribution in [2.45, 2.75) is 59.7 Å². The molecule has 0 aliphatic rings. The molecule has 0 fully saturated rings. The van der Waals surface area contributed by atoms with Gasteiger partial charge < -0.3 is 14.8 Å². The zero-order chi connectivity index (χ0) is 20.1. The molecule has 1 aromatic heterocycles. The molecular weight excluding hydrogens is 360 g/mol. The molecule has 2 aromatic rings. The summed E-state index contributed by atoms with van der Waals surface area (Å²) in [5.74, 6) is 1.47. The number of halogens is 1. The number of rotatable bonds is 8. The van der Waals surface area contributed by atoms with Gasteiger partial charge in [0.2, 0.25) is 0 Å². The van der Waals surface area contributed by atoms with Crippen LogP contribution in [-0.2, 0) is 13.2 Å². The van der Waals surface area contributed by atoms with Crippen molar-refractivity contribution < 1.29 is 14.8 Å². The average Bonchev–Trinajstić information content (AvgIpc) is 2.58. The molecule has 0 saturated heterocycles. The van der Waals surface area contributed by atoms with Crippen molar-refractivity contribution in [3.63, 3.8) is 0 Å². The van der Waals surface area contributed by atoms with E-state index in [1.165, 1.54) is 5.56 Å². The highest BCUT2D eigenvalue weighted by Crippen LogP contribution is 2.29. The second kappa shape index (κ2) is 8.94. The zero-order valence-corrected chi connectivity index (χ0v) is 18.1. The Morgan fingerprint density at radius 3 is 2.30 bits per heavy atom. The highest BCUT2D eigenvalue weighted by Gasteiger charge is 2.28. The molecule has 4 nitrogen and oxygen atoms in total. The molecule has 1 heterocycles. The second-order valence-corrected chi connectivity index (χ2v) is 9.28. The van der Waals surface area contributed by atoms with Gasteiger partial charge in [0.05, 0.1) is 12.6 Å². The van der Waals surface area contributed by atoms with E-state index in [2.05, 4.69) is 57.1 Å². The minimum Gasteiger partial charge on any atom is -0.493 e. The van der Waals surface area contributed by atoms with Crippen molar-refractivity contribution in [3.05, 3.63) is 52.8 Å². The van der Waals surface area contributed by atoms with Gasteiger partial charge in [0.15, 0.2) is 11.5 Å². The topological polar surface area (TPSA) is 48.0 Å². The maximum atomic E-state index is 5.90. The third-order valence-electron chi connectivity index (χ3n) is 4.29. The van der Waals surface area contributed by atoms with E-state index in [1.807, 2.05) is 12.1 Å². The molecule has 0 atom stereocenters. The fraction of sp³-hybridized carbons (Fsp3) is 0.500. The molecule has 2 rings (SSSR count). The predicted octanol–water partition coefficient (Wildman–Crippen LogP) is 4.60. The van der Waals surface area contributed by atoms with Crippen LogP contribution in [0, 0.1) is 5.41 Å². The Bertz CT molecular complexity index is 737. The summed E-state index contributed by atoms with van der Waals surface area (Å²) in [5.41, 5.74) is 2.67. The number of nitrogens with two attached hydrogens (primary N) is 1. The highest BCUT2D eigenvalue weighted by molar-refractivity contribution is 6.29. The Balaban J connectivity index is 1.99. The van der Waals surface area contributed by atoms with Crippen LogP contribution in [0.5, 0.6) is 11.5 Å². The van der Waals surface area contributed by atoms with Gasteiger partial charge in [-0.1, -0.05) is 38.4 Å². The third-order valence-corrected chi connectivity index (χ3v) is 4.51. The summed E-state index contributed by atoms with van der Waals surface area (Å²) in [7, 11) is 1.67. The zero-order valence-electron chi connectivity index (χ0n) is 17.3. The molecule has 0 amide bonds. The predicted molar refractivity (Wildman–Crippen MR) is 110 cm³/mol. The first kappa shape index (κ1) is 21.5. The number of ether oxygens (including phenoxy) is 2. The molecule has 0 bridgehead atoms. The lowest BCUT2D eigenvalue weighted by molar-refractivity contribution is -0.737. The van der Waals surface area contributed by atoms with E-state index in [9.17, 15) is 0 Å². The summed E-state index contributed by atoms with van der Waals surface area (Å²) in [6, 6.07) is 9.79. The summed E-state index contributed by atoms with van der Waals surface area (Å²) in [6.45, 7) is 12.8. The normalized spacial score (nSPS) is 12.1. The van der Waals surface area contributed by atoms with Gasteiger partial charge in [0.1, 0.15) is 18.3 Å². The first-order valence-electron chi connectivity index (χ1n) is 9.32. The van der Waals surface area contributed by atoms with E-state index in [0.29, 0.717) is 17.2 Å². The number of pyridine rings is 1. The Morgan fingerprint density at radius 2 is 1.70 bits per heavy atom. The second-order valence-electron chi connectivity index (χ2n) is 8.90. The summed E-state index contributed by atoms with van der Waals surface area (Å²) in [5, 5.41) is 2.87. The first-order chi connectivity index (χ1) is 12.6. The molecule has 27 heavy (non-hydrogen) atoms. The van der Waals surface area contributed by atoms with Crippen molar-refractivity contribution in [2.75, 3.05) is 7.11 Å². The highest BCUT2D eigenvalue weighted by atomic mass is 35.5. The molecule has 0 aliphatic carbocycles. The number of hydrogen-bond donors (Lipinski definition) is 1. The van der Waals surface area contributed by atoms with Crippen LogP contribution in [0.3, 0.4) is 0 Å². The fourth-order valence-corrected chi connectivity index (χ4v) is 3.56. The number of nitrogens with zero attached hydrogens (tertiary/aromatic N) is 1. The summed E-state index contributed by atoms with van der Waals surface area (Å²) >= 11 is 5.82. The maximum Gasteiger partial charge on any atom is 0.161 e. The molecular formula is C22H32ClN2O2+. The van der Waals surface area contributed by atoms with Crippen LogP contribution in [0.2, 0.25) is 5.15 Å².